The van der Waals surface area contributed by atoms with Crippen LogP contribution in [0.1, 0.15) is 34.1 Å². The van der Waals surface area contributed by atoms with E-state index in [4.69, 9.17) is 4.74 Å². The van der Waals surface area contributed by atoms with Crippen LogP contribution in [0.4, 0.5) is 4.39 Å². The van der Waals surface area contributed by atoms with Crippen molar-refractivity contribution in [1.29, 1.82) is 5.26 Å². The highest BCUT2D eigenvalue weighted by Gasteiger charge is 2.27. The molecule has 0 fully saturated rings. The van der Waals surface area contributed by atoms with Crippen LogP contribution in [0.15, 0.2) is 24.3 Å². The molecule has 0 heterocycles. The van der Waals surface area contributed by atoms with Gasteiger partial charge in [0.15, 0.2) is 0 Å². The summed E-state index contributed by atoms with van der Waals surface area (Å²) in [5.41, 5.74) is -0.652. The fourth-order valence-corrected chi connectivity index (χ4v) is 2.16. The van der Waals surface area contributed by atoms with Crippen molar-refractivity contribution in [3.8, 4) is 11.8 Å². The van der Waals surface area contributed by atoms with Gasteiger partial charge in [-0.25, -0.2) is 4.39 Å². The number of benzene rings is 1. The Labute approximate surface area is 114 Å². The summed E-state index contributed by atoms with van der Waals surface area (Å²) in [6.07, 6.45) is 0.343. The molecule has 0 saturated carbocycles. The number of hydrogen-bond donors (Lipinski definition) is 1. The predicted octanol–water partition coefficient (Wildman–Crippen LogP) is 3.26. The van der Waals surface area contributed by atoms with Crippen molar-refractivity contribution in [2.75, 3.05) is 0 Å². The molecule has 0 aromatic heterocycles. The zero-order chi connectivity index (χ0) is 14.5. The first-order valence-corrected chi connectivity index (χ1v) is 6.46. The van der Waals surface area contributed by atoms with E-state index in [0.29, 0.717) is 12.2 Å². The molecular formula is C15H21FN2O. The molecule has 0 spiro atoms. The van der Waals surface area contributed by atoms with Crippen LogP contribution in [-0.2, 0) is 0 Å². The SMILES string of the molecule is CC(C)NC(C)(C#N)CC(C)Oc1cccc(F)c1. The van der Waals surface area contributed by atoms with Crippen LogP contribution in [0.5, 0.6) is 5.75 Å². The molecule has 1 aromatic carbocycles. The lowest BCUT2D eigenvalue weighted by molar-refractivity contribution is 0.175. The average Bonchev–Trinajstić information content (AvgIpc) is 2.27. The maximum atomic E-state index is 13.0. The second-order valence-electron chi connectivity index (χ2n) is 5.33. The normalized spacial score (nSPS) is 15.6. The molecule has 0 radical (unpaired) electrons. The molecule has 2 unspecified atom stereocenters. The summed E-state index contributed by atoms with van der Waals surface area (Å²) in [6.45, 7) is 7.71. The van der Waals surface area contributed by atoms with Gasteiger partial charge in [-0.05, 0) is 39.8 Å². The molecule has 0 saturated heterocycles. The summed E-state index contributed by atoms with van der Waals surface area (Å²) in [7, 11) is 0. The lowest BCUT2D eigenvalue weighted by atomic mass is 9.95. The molecule has 1 aromatic rings. The molecule has 0 aliphatic heterocycles. The highest BCUT2D eigenvalue weighted by Crippen LogP contribution is 2.19. The Hall–Kier alpha value is -1.60. The van der Waals surface area contributed by atoms with E-state index in [1.165, 1.54) is 12.1 Å². The van der Waals surface area contributed by atoms with Crippen molar-refractivity contribution < 1.29 is 9.13 Å². The molecule has 104 valence electrons. The summed E-state index contributed by atoms with van der Waals surface area (Å²) >= 11 is 0. The first-order chi connectivity index (χ1) is 8.84. The lowest BCUT2D eigenvalue weighted by Gasteiger charge is -2.29. The van der Waals surface area contributed by atoms with E-state index in [2.05, 4.69) is 11.4 Å². The molecule has 19 heavy (non-hydrogen) atoms. The largest absolute Gasteiger partial charge is 0.491 e. The van der Waals surface area contributed by atoms with E-state index in [9.17, 15) is 9.65 Å². The summed E-state index contributed by atoms with van der Waals surface area (Å²) in [5.74, 6) is 0.158. The first-order valence-electron chi connectivity index (χ1n) is 6.46. The van der Waals surface area contributed by atoms with Crippen LogP contribution in [0.2, 0.25) is 0 Å². The highest BCUT2D eigenvalue weighted by molar-refractivity contribution is 5.22. The Morgan fingerprint density at radius 1 is 1.42 bits per heavy atom. The Kier molecular flexibility index (Phi) is 5.31. The maximum absolute atomic E-state index is 13.0. The van der Waals surface area contributed by atoms with Crippen molar-refractivity contribution in [3.05, 3.63) is 30.1 Å². The Morgan fingerprint density at radius 2 is 2.11 bits per heavy atom. The minimum Gasteiger partial charge on any atom is -0.491 e. The minimum absolute atomic E-state index is 0.183. The van der Waals surface area contributed by atoms with Gasteiger partial charge < -0.3 is 4.74 Å². The number of nitriles is 1. The van der Waals surface area contributed by atoms with Crippen LogP contribution in [0, 0.1) is 17.1 Å². The number of nitrogens with zero attached hydrogens (tertiary/aromatic N) is 1. The van der Waals surface area contributed by atoms with Crippen molar-refractivity contribution in [2.45, 2.75) is 51.8 Å². The number of rotatable bonds is 6. The zero-order valence-corrected chi connectivity index (χ0v) is 11.9. The van der Waals surface area contributed by atoms with Gasteiger partial charge in [-0.1, -0.05) is 6.07 Å². The molecule has 3 nitrogen and oxygen atoms in total. The fraction of sp³-hybridized carbons (Fsp3) is 0.533. The molecule has 0 amide bonds. The van der Waals surface area contributed by atoms with Crippen molar-refractivity contribution >= 4 is 0 Å². The van der Waals surface area contributed by atoms with Crippen molar-refractivity contribution in [1.82, 2.24) is 5.32 Å². The van der Waals surface area contributed by atoms with Gasteiger partial charge in [-0.3, -0.25) is 5.32 Å². The van der Waals surface area contributed by atoms with Crippen molar-refractivity contribution in [2.24, 2.45) is 0 Å². The monoisotopic (exact) mass is 264 g/mol. The number of nitrogens with one attached hydrogen (secondary N) is 1. The molecule has 2 atom stereocenters. The van der Waals surface area contributed by atoms with E-state index in [-0.39, 0.29) is 18.0 Å². The van der Waals surface area contributed by atoms with E-state index in [0.717, 1.165) is 0 Å². The van der Waals surface area contributed by atoms with E-state index < -0.39 is 5.54 Å². The molecule has 0 aliphatic carbocycles. The molecule has 1 rings (SSSR count). The summed E-state index contributed by atoms with van der Waals surface area (Å²) in [5, 5.41) is 12.5. The van der Waals surface area contributed by atoms with E-state index >= 15 is 0 Å². The average molecular weight is 264 g/mol. The second-order valence-corrected chi connectivity index (χ2v) is 5.33. The van der Waals surface area contributed by atoms with Crippen LogP contribution < -0.4 is 10.1 Å². The van der Waals surface area contributed by atoms with Crippen LogP contribution in [-0.4, -0.2) is 17.7 Å². The maximum Gasteiger partial charge on any atom is 0.126 e. The van der Waals surface area contributed by atoms with Crippen molar-refractivity contribution in [3.63, 3.8) is 0 Å². The molecular weight excluding hydrogens is 243 g/mol. The Bertz CT molecular complexity index is 456. The Morgan fingerprint density at radius 3 is 2.63 bits per heavy atom. The fourth-order valence-electron chi connectivity index (χ4n) is 2.16. The second kappa shape index (κ2) is 6.53. The quantitative estimate of drug-likeness (QED) is 0.857. The number of ether oxygens (including phenoxy) is 1. The van der Waals surface area contributed by atoms with Gasteiger partial charge in [0, 0.05) is 18.5 Å². The topological polar surface area (TPSA) is 45.0 Å². The summed E-state index contributed by atoms with van der Waals surface area (Å²) < 4.78 is 18.7. The van der Waals surface area contributed by atoms with Gasteiger partial charge >= 0.3 is 0 Å². The third kappa shape index (κ3) is 5.27. The van der Waals surface area contributed by atoms with Crippen LogP contribution in [0.25, 0.3) is 0 Å². The standard InChI is InChI=1S/C15H21FN2O/c1-11(2)18-15(4,10-17)9-12(3)19-14-7-5-6-13(16)8-14/h5-8,11-12,18H,9H2,1-4H3. The van der Waals surface area contributed by atoms with Gasteiger partial charge in [-0.15, -0.1) is 0 Å². The van der Waals surface area contributed by atoms with Crippen LogP contribution in [0.3, 0.4) is 0 Å². The van der Waals surface area contributed by atoms with E-state index in [1.54, 1.807) is 12.1 Å². The molecule has 0 bridgehead atoms. The van der Waals surface area contributed by atoms with Gasteiger partial charge in [0.1, 0.15) is 17.1 Å². The molecule has 4 heteroatoms. The Balaban J connectivity index is 2.64. The smallest absolute Gasteiger partial charge is 0.126 e. The third-order valence-electron chi connectivity index (χ3n) is 2.68. The van der Waals surface area contributed by atoms with Gasteiger partial charge in [0.25, 0.3) is 0 Å². The zero-order valence-electron chi connectivity index (χ0n) is 11.9. The lowest BCUT2D eigenvalue weighted by Crippen LogP contribution is -2.47. The highest BCUT2D eigenvalue weighted by atomic mass is 19.1. The molecule has 1 N–H and O–H groups in total. The predicted molar refractivity (Wildman–Crippen MR) is 73.4 cm³/mol. The van der Waals surface area contributed by atoms with Gasteiger partial charge in [0.05, 0.1) is 12.2 Å². The summed E-state index contributed by atoms with van der Waals surface area (Å²) in [4.78, 5) is 0. The van der Waals surface area contributed by atoms with Gasteiger partial charge in [-0.2, -0.15) is 5.26 Å². The van der Waals surface area contributed by atoms with Crippen LogP contribution >= 0.6 is 0 Å². The third-order valence-corrected chi connectivity index (χ3v) is 2.68. The number of halogens is 1. The molecule has 0 aliphatic rings. The first kappa shape index (κ1) is 15.5. The number of hydrogen-bond acceptors (Lipinski definition) is 3. The van der Waals surface area contributed by atoms with E-state index in [1.807, 2.05) is 27.7 Å². The van der Waals surface area contributed by atoms with Gasteiger partial charge in [0.2, 0.25) is 0 Å². The summed E-state index contributed by atoms with van der Waals surface area (Å²) in [6, 6.07) is 8.51. The minimum atomic E-state index is -0.652.